The highest BCUT2D eigenvalue weighted by atomic mass is 32.2. The van der Waals surface area contributed by atoms with E-state index in [1.165, 1.54) is 29.5 Å². The lowest BCUT2D eigenvalue weighted by atomic mass is 10.0. The Morgan fingerprint density at radius 1 is 1.14 bits per heavy atom. The molecule has 36 heavy (non-hydrogen) atoms. The fourth-order valence-electron chi connectivity index (χ4n) is 5.21. The van der Waals surface area contributed by atoms with E-state index >= 15 is 0 Å². The van der Waals surface area contributed by atoms with Crippen LogP contribution < -0.4 is 10.6 Å². The minimum atomic E-state index is -0.332. The normalized spacial score (nSPS) is 17.9. The van der Waals surface area contributed by atoms with Crippen LogP contribution in [0, 0.1) is 12.8 Å². The second-order valence-electron chi connectivity index (χ2n) is 10.3. The molecular formula is C28H34N6OS. The zero-order valence-corrected chi connectivity index (χ0v) is 21.9. The van der Waals surface area contributed by atoms with Gasteiger partial charge in [-0.05, 0) is 80.6 Å². The molecule has 0 radical (unpaired) electrons. The number of aryl methyl sites for hydroxylation is 1. The van der Waals surface area contributed by atoms with Crippen molar-refractivity contribution in [3.8, 4) is 0 Å². The summed E-state index contributed by atoms with van der Waals surface area (Å²) in [7, 11) is 0. The van der Waals surface area contributed by atoms with E-state index < -0.39 is 0 Å². The van der Waals surface area contributed by atoms with Gasteiger partial charge in [-0.15, -0.1) is 0 Å². The van der Waals surface area contributed by atoms with Crippen molar-refractivity contribution < 1.29 is 4.79 Å². The molecule has 188 valence electrons. The van der Waals surface area contributed by atoms with Crippen molar-refractivity contribution in [1.82, 2.24) is 24.0 Å². The molecule has 7 nitrogen and oxygen atoms in total. The van der Waals surface area contributed by atoms with E-state index in [2.05, 4.69) is 56.0 Å². The predicted octanol–water partition coefficient (Wildman–Crippen LogP) is 5.21. The molecule has 2 fully saturated rings. The van der Waals surface area contributed by atoms with E-state index in [0.29, 0.717) is 5.92 Å². The molecule has 1 unspecified atom stereocenters. The number of carbonyl (C=O) groups is 1. The molecule has 1 amide bonds. The maximum absolute atomic E-state index is 13.3. The highest BCUT2D eigenvalue weighted by Gasteiger charge is 2.20. The van der Waals surface area contributed by atoms with Gasteiger partial charge in [0.2, 0.25) is 5.91 Å². The number of carbonyl (C=O) groups excluding carboxylic acids is 1. The molecule has 1 atom stereocenters. The first-order valence-corrected chi connectivity index (χ1v) is 13.8. The third-order valence-corrected chi connectivity index (χ3v) is 8.59. The fourth-order valence-corrected chi connectivity index (χ4v) is 6.26. The highest BCUT2D eigenvalue weighted by Crippen LogP contribution is 2.31. The maximum Gasteiger partial charge on any atom is 0.247 e. The van der Waals surface area contributed by atoms with Crippen LogP contribution >= 0.6 is 11.9 Å². The molecule has 4 heterocycles. The number of rotatable bonds is 7. The molecule has 0 aliphatic carbocycles. The van der Waals surface area contributed by atoms with Crippen LogP contribution in [0.1, 0.15) is 37.8 Å². The number of benzene rings is 2. The smallest absolute Gasteiger partial charge is 0.247 e. The summed E-state index contributed by atoms with van der Waals surface area (Å²) in [6.07, 6.45) is 8.04. The number of piperidine rings is 1. The average Bonchev–Trinajstić information content (AvgIpc) is 3.45. The lowest BCUT2D eigenvalue weighted by Crippen LogP contribution is -2.44. The molecule has 6 rings (SSSR count). The van der Waals surface area contributed by atoms with Gasteiger partial charge >= 0.3 is 0 Å². The first kappa shape index (κ1) is 23.6. The molecule has 2 N–H and O–H groups in total. The lowest BCUT2D eigenvalue weighted by Gasteiger charge is -2.26. The molecule has 2 aromatic heterocycles. The Morgan fingerprint density at radius 3 is 2.75 bits per heavy atom. The average molecular weight is 503 g/mol. The van der Waals surface area contributed by atoms with Gasteiger partial charge in [0.15, 0.2) is 0 Å². The van der Waals surface area contributed by atoms with Gasteiger partial charge in [0.05, 0.1) is 5.52 Å². The summed E-state index contributed by atoms with van der Waals surface area (Å²) in [5, 5.41) is 13.5. The fraction of sp³-hybridized carbons (Fsp3) is 0.429. The van der Waals surface area contributed by atoms with E-state index in [9.17, 15) is 4.79 Å². The number of amides is 1. The topological polar surface area (TPSA) is 67.1 Å². The van der Waals surface area contributed by atoms with Crippen molar-refractivity contribution in [2.75, 3.05) is 31.5 Å². The summed E-state index contributed by atoms with van der Waals surface area (Å²) < 4.78 is 6.56. The molecule has 4 aromatic rings. The summed E-state index contributed by atoms with van der Waals surface area (Å²) in [6, 6.07) is 12.5. The van der Waals surface area contributed by atoms with Crippen molar-refractivity contribution in [1.29, 1.82) is 0 Å². The van der Waals surface area contributed by atoms with Gasteiger partial charge in [-0.2, -0.15) is 5.10 Å². The second kappa shape index (κ2) is 9.92. The molecule has 2 aliphatic heterocycles. The number of fused-ring (bicyclic) bond motifs is 2. The minimum absolute atomic E-state index is 0.0262. The van der Waals surface area contributed by atoms with Crippen molar-refractivity contribution in [2.24, 2.45) is 5.92 Å². The summed E-state index contributed by atoms with van der Waals surface area (Å²) in [5.74, 6) is 0.623. The Morgan fingerprint density at radius 2 is 1.97 bits per heavy atom. The Bertz CT molecular complexity index is 1400. The molecule has 2 saturated heterocycles. The molecular weight excluding hydrogens is 468 g/mol. The van der Waals surface area contributed by atoms with E-state index in [-0.39, 0.29) is 11.9 Å². The van der Waals surface area contributed by atoms with Gasteiger partial charge in [0, 0.05) is 77.9 Å². The zero-order chi connectivity index (χ0) is 24.6. The quantitative estimate of drug-likeness (QED) is 0.340. The number of hydrogen-bond donors (Lipinski definition) is 2. The monoisotopic (exact) mass is 502 g/mol. The molecule has 0 saturated carbocycles. The van der Waals surface area contributed by atoms with Crippen LogP contribution in [-0.2, 0) is 11.3 Å². The van der Waals surface area contributed by atoms with E-state index in [1.807, 2.05) is 42.7 Å². The van der Waals surface area contributed by atoms with Crippen LogP contribution in [0.5, 0.6) is 0 Å². The Balaban J connectivity index is 1.17. The van der Waals surface area contributed by atoms with E-state index in [0.717, 1.165) is 60.4 Å². The number of nitrogens with zero attached hydrogens (tertiary/aromatic N) is 4. The largest absolute Gasteiger partial charge is 0.335 e. The maximum atomic E-state index is 13.3. The summed E-state index contributed by atoms with van der Waals surface area (Å²) in [4.78, 5) is 14.6. The number of aromatic nitrogens is 3. The summed E-state index contributed by atoms with van der Waals surface area (Å²) in [6.45, 7) is 9.36. The van der Waals surface area contributed by atoms with Gasteiger partial charge < -0.3 is 15.2 Å². The SMILES string of the molecule is Cc1cc2cn(CC3CNC3)nc2cc1NC(=O)C(C)n1ccc2cc(SN3CCCCC3)ccc21. The Kier molecular flexibility index (Phi) is 6.50. The molecule has 0 bridgehead atoms. The number of hydrogen-bond acceptors (Lipinski definition) is 5. The van der Waals surface area contributed by atoms with Crippen LogP contribution in [0.2, 0.25) is 0 Å². The van der Waals surface area contributed by atoms with Crippen molar-refractivity contribution in [3.05, 3.63) is 54.4 Å². The summed E-state index contributed by atoms with van der Waals surface area (Å²) >= 11 is 1.85. The highest BCUT2D eigenvalue weighted by molar-refractivity contribution is 7.97. The lowest BCUT2D eigenvalue weighted by molar-refractivity contribution is -0.118. The van der Waals surface area contributed by atoms with Gasteiger partial charge in [-0.3, -0.25) is 9.48 Å². The second-order valence-corrected chi connectivity index (χ2v) is 11.5. The summed E-state index contributed by atoms with van der Waals surface area (Å²) in [5.41, 5.74) is 3.87. The zero-order valence-electron chi connectivity index (χ0n) is 21.0. The van der Waals surface area contributed by atoms with Crippen molar-refractivity contribution >= 4 is 45.3 Å². The molecule has 2 aliphatic rings. The van der Waals surface area contributed by atoms with Gasteiger partial charge in [-0.25, -0.2) is 4.31 Å². The van der Waals surface area contributed by atoms with Crippen LogP contribution in [0.4, 0.5) is 5.69 Å². The van der Waals surface area contributed by atoms with Crippen LogP contribution in [0.15, 0.2) is 53.7 Å². The van der Waals surface area contributed by atoms with Crippen molar-refractivity contribution in [2.45, 2.75) is 50.6 Å². The van der Waals surface area contributed by atoms with Gasteiger partial charge in [-0.1, -0.05) is 6.42 Å². The third kappa shape index (κ3) is 4.77. The standard InChI is InChI=1S/C28H34N6OS/c1-19-12-23-18-32(17-21-15-29-16-21)31-26(23)14-25(19)30-28(35)20(2)34-11-8-22-13-24(6-7-27(22)34)36-33-9-4-3-5-10-33/h6-8,11-14,18,20-21,29H,3-5,9-10,15-17H2,1-2H3,(H,30,35). The molecule has 8 heteroatoms. The predicted molar refractivity (Wildman–Crippen MR) is 147 cm³/mol. The Hall–Kier alpha value is -2.81. The van der Waals surface area contributed by atoms with E-state index in [4.69, 9.17) is 5.10 Å². The number of anilines is 1. The minimum Gasteiger partial charge on any atom is -0.335 e. The molecule has 2 aromatic carbocycles. The Labute approximate surface area is 216 Å². The van der Waals surface area contributed by atoms with Gasteiger partial charge in [0.25, 0.3) is 0 Å². The van der Waals surface area contributed by atoms with Crippen LogP contribution in [0.3, 0.4) is 0 Å². The third-order valence-electron chi connectivity index (χ3n) is 7.51. The number of nitrogens with one attached hydrogen (secondary N) is 2. The van der Waals surface area contributed by atoms with Crippen LogP contribution in [-0.4, -0.2) is 50.7 Å². The molecule has 0 spiro atoms. The van der Waals surface area contributed by atoms with Crippen molar-refractivity contribution in [3.63, 3.8) is 0 Å². The first-order valence-electron chi connectivity index (χ1n) is 13.1. The van der Waals surface area contributed by atoms with E-state index in [1.54, 1.807) is 0 Å². The van der Waals surface area contributed by atoms with Gasteiger partial charge in [0.1, 0.15) is 6.04 Å². The first-order chi connectivity index (χ1) is 17.5. The van der Waals surface area contributed by atoms with Crippen LogP contribution in [0.25, 0.3) is 21.8 Å².